The Balaban J connectivity index is 2.22. The minimum atomic E-state index is -1.75. The second kappa shape index (κ2) is 27.3. The van der Waals surface area contributed by atoms with Gasteiger partial charge in [0.1, 0.15) is 42.3 Å². The van der Waals surface area contributed by atoms with E-state index in [0.717, 1.165) is 0 Å². The molecule has 0 saturated heterocycles. The number of rotatable bonds is 28. The zero-order valence-corrected chi connectivity index (χ0v) is 36.2. The van der Waals surface area contributed by atoms with Gasteiger partial charge >= 0.3 is 11.9 Å². The number of primary amides is 1. The summed E-state index contributed by atoms with van der Waals surface area (Å²) in [5, 5.41) is 54.9. The third-order valence-corrected chi connectivity index (χ3v) is 10.0. The van der Waals surface area contributed by atoms with E-state index in [-0.39, 0.29) is 19.3 Å². The van der Waals surface area contributed by atoms with Gasteiger partial charge in [-0.05, 0) is 30.4 Å². The van der Waals surface area contributed by atoms with Gasteiger partial charge in [0.05, 0.1) is 25.7 Å². The van der Waals surface area contributed by atoms with Crippen LogP contribution in [0, 0.1) is 5.92 Å². The highest BCUT2D eigenvalue weighted by Gasteiger charge is 2.35. The Morgan fingerprint density at radius 3 is 1.46 bits per heavy atom. The number of benzene rings is 2. The van der Waals surface area contributed by atoms with Gasteiger partial charge in [0.25, 0.3) is 0 Å². The Bertz CT molecular complexity index is 1970. The lowest BCUT2D eigenvalue weighted by atomic mass is 9.97. The highest BCUT2D eigenvalue weighted by molar-refractivity contribution is 5.98. The third kappa shape index (κ3) is 18.7. The largest absolute Gasteiger partial charge is 0.481 e. The first kappa shape index (κ1) is 54.2. The Labute approximate surface area is 374 Å². The topological polar surface area (TPSA) is 388 Å². The number of aliphatic hydroxyl groups excluding tert-OH is 2. The number of carboxylic acid groups (broad SMARTS) is 2. The molecule has 23 heteroatoms. The number of hydrogen-bond acceptors (Lipinski definition) is 13. The van der Waals surface area contributed by atoms with Crippen LogP contribution in [0.15, 0.2) is 60.7 Å². The van der Waals surface area contributed by atoms with Crippen molar-refractivity contribution in [1.29, 1.82) is 0 Å². The molecule has 0 aromatic heterocycles. The van der Waals surface area contributed by atoms with Gasteiger partial charge in [0.2, 0.25) is 47.3 Å². The predicted molar refractivity (Wildman–Crippen MR) is 229 cm³/mol. The number of nitrogens with one attached hydrogen (secondary N) is 7. The van der Waals surface area contributed by atoms with Crippen LogP contribution in [0.5, 0.6) is 0 Å². The summed E-state index contributed by atoms with van der Waals surface area (Å²) in [5.74, 6) is -11.2. The zero-order chi connectivity index (χ0) is 48.8. The van der Waals surface area contributed by atoms with Crippen molar-refractivity contribution in [3.63, 3.8) is 0 Å². The van der Waals surface area contributed by atoms with Crippen molar-refractivity contribution in [3.8, 4) is 0 Å². The van der Waals surface area contributed by atoms with E-state index in [1.165, 1.54) is 6.92 Å². The van der Waals surface area contributed by atoms with Crippen LogP contribution in [0.2, 0.25) is 0 Å². The maximum Gasteiger partial charge on any atom is 0.326 e. The van der Waals surface area contributed by atoms with Gasteiger partial charge in [-0.15, -0.1) is 0 Å². The van der Waals surface area contributed by atoms with E-state index < -0.39 is 140 Å². The maximum absolute atomic E-state index is 13.8. The molecule has 0 aliphatic heterocycles. The molecule has 8 amide bonds. The lowest BCUT2D eigenvalue weighted by molar-refractivity contribution is -0.142. The van der Waals surface area contributed by atoms with Crippen LogP contribution in [0.3, 0.4) is 0 Å². The molecule has 0 spiro atoms. The van der Waals surface area contributed by atoms with E-state index in [1.807, 2.05) is 0 Å². The van der Waals surface area contributed by atoms with Crippen molar-refractivity contribution in [1.82, 2.24) is 37.2 Å². The number of hydrogen-bond donors (Lipinski definition) is 13. The molecule has 65 heavy (non-hydrogen) atoms. The van der Waals surface area contributed by atoms with E-state index >= 15 is 0 Å². The predicted octanol–water partition coefficient (Wildman–Crippen LogP) is -3.93. The third-order valence-electron chi connectivity index (χ3n) is 10.0. The Hall–Kier alpha value is -6.98. The molecule has 0 aliphatic rings. The minimum absolute atomic E-state index is 0.106. The van der Waals surface area contributed by atoms with Gasteiger partial charge in [-0.3, -0.25) is 43.2 Å². The molecule has 0 heterocycles. The monoisotopic (exact) mass is 913 g/mol. The van der Waals surface area contributed by atoms with Crippen molar-refractivity contribution >= 4 is 59.2 Å². The standard InChI is InChI=1S/C42H59N9O14/c1-4-22(2)34(51-36(58)26(43)15-16-33(55)56)41(63)47-28(19-32(44)54)38(60)46-27(17-24-11-7-5-8-12-24)37(59)50-30(20-52)39(61)45-23(3)35(57)49-31(21-53)40(62)48-29(42(64)65)18-25-13-9-6-10-14-25/h5-14,22-23,26-31,34,52-53H,4,15-21,43H2,1-3H3,(H2,44,54)(H,45,61)(H,46,60)(H,47,63)(H,48,62)(H,49,57)(H,50,59)(H,51,58)(H,55,56)(H,64,65)/t22-,23-,26-,27-,28-,29-,30-,31-,34-/m0/s1. The quantitative estimate of drug-likeness (QED) is 0.0388. The average Bonchev–Trinajstić information content (AvgIpc) is 3.27. The van der Waals surface area contributed by atoms with E-state index in [1.54, 1.807) is 74.5 Å². The van der Waals surface area contributed by atoms with Gasteiger partial charge in [-0.1, -0.05) is 80.9 Å². The number of carbonyl (C=O) groups is 10. The van der Waals surface area contributed by atoms with Crippen molar-refractivity contribution in [2.75, 3.05) is 13.2 Å². The molecule has 0 aliphatic carbocycles. The van der Waals surface area contributed by atoms with Gasteiger partial charge in [-0.2, -0.15) is 0 Å². The van der Waals surface area contributed by atoms with E-state index in [4.69, 9.17) is 16.6 Å². The molecule has 356 valence electrons. The van der Waals surface area contributed by atoms with Crippen molar-refractivity contribution < 1.29 is 68.4 Å². The highest BCUT2D eigenvalue weighted by atomic mass is 16.4. The van der Waals surface area contributed by atoms with Crippen LogP contribution in [0.1, 0.15) is 57.6 Å². The molecule has 15 N–H and O–H groups in total. The Morgan fingerprint density at radius 2 is 0.985 bits per heavy atom. The number of aliphatic hydroxyl groups is 2. The summed E-state index contributed by atoms with van der Waals surface area (Å²) in [6.45, 7) is 2.51. The molecule has 2 aromatic carbocycles. The van der Waals surface area contributed by atoms with Gasteiger partial charge in [0, 0.05) is 19.3 Å². The molecule has 0 unspecified atom stereocenters. The lowest BCUT2D eigenvalue weighted by Gasteiger charge is -2.28. The van der Waals surface area contributed by atoms with Crippen molar-refractivity contribution in [2.45, 2.75) is 108 Å². The second-order valence-corrected chi connectivity index (χ2v) is 15.2. The molecular weight excluding hydrogens is 855 g/mol. The highest BCUT2D eigenvalue weighted by Crippen LogP contribution is 2.11. The number of carboxylic acids is 2. The van der Waals surface area contributed by atoms with Crippen LogP contribution >= 0.6 is 0 Å². The van der Waals surface area contributed by atoms with Crippen LogP contribution in [0.4, 0.5) is 0 Å². The number of carbonyl (C=O) groups excluding carboxylic acids is 8. The summed E-state index contributed by atoms with van der Waals surface area (Å²) in [7, 11) is 0. The molecule has 23 nitrogen and oxygen atoms in total. The molecule has 9 atom stereocenters. The summed E-state index contributed by atoms with van der Waals surface area (Å²) in [4.78, 5) is 128. The minimum Gasteiger partial charge on any atom is -0.481 e. The number of nitrogens with two attached hydrogens (primary N) is 2. The summed E-state index contributed by atoms with van der Waals surface area (Å²) >= 11 is 0. The number of aliphatic carboxylic acids is 2. The SMILES string of the molecule is CC[C@H](C)[C@H](NC(=O)[C@@H](N)CCC(=O)O)C(=O)N[C@@H](CC(N)=O)C(=O)N[C@@H](Cc1ccccc1)C(=O)N[C@@H](CO)C(=O)N[C@@H](C)C(=O)N[C@@H](CO)C(=O)N[C@@H](Cc1ccccc1)C(=O)O. The smallest absolute Gasteiger partial charge is 0.326 e. The Kier molecular flexibility index (Phi) is 22.7. The molecule has 2 aromatic rings. The van der Waals surface area contributed by atoms with E-state index in [2.05, 4.69) is 37.2 Å². The summed E-state index contributed by atoms with van der Waals surface area (Å²) in [6.07, 6.45) is -1.43. The van der Waals surface area contributed by atoms with Crippen LogP contribution < -0.4 is 48.7 Å². The second-order valence-electron chi connectivity index (χ2n) is 15.2. The lowest BCUT2D eigenvalue weighted by Crippen LogP contribution is -2.61. The van der Waals surface area contributed by atoms with Crippen LogP contribution in [0.25, 0.3) is 0 Å². The van der Waals surface area contributed by atoms with Crippen molar-refractivity contribution in [2.24, 2.45) is 17.4 Å². The van der Waals surface area contributed by atoms with Crippen LogP contribution in [-0.4, -0.2) is 141 Å². The fourth-order valence-corrected chi connectivity index (χ4v) is 6.03. The van der Waals surface area contributed by atoms with E-state index in [9.17, 15) is 63.3 Å². The number of amides is 8. The van der Waals surface area contributed by atoms with Gasteiger partial charge < -0.3 is 69.1 Å². The average molecular weight is 914 g/mol. The molecule has 0 radical (unpaired) electrons. The fraction of sp³-hybridized carbons (Fsp3) is 0.476. The first-order valence-electron chi connectivity index (χ1n) is 20.6. The fourth-order valence-electron chi connectivity index (χ4n) is 6.03. The van der Waals surface area contributed by atoms with Gasteiger partial charge in [0.15, 0.2) is 0 Å². The molecule has 2 rings (SSSR count). The summed E-state index contributed by atoms with van der Waals surface area (Å²) in [6, 6.07) is 4.39. The van der Waals surface area contributed by atoms with E-state index in [0.29, 0.717) is 17.5 Å². The molecule has 0 bridgehead atoms. The van der Waals surface area contributed by atoms with Gasteiger partial charge in [-0.25, -0.2) is 4.79 Å². The molecule has 0 saturated carbocycles. The van der Waals surface area contributed by atoms with Crippen LogP contribution in [-0.2, 0) is 60.8 Å². The summed E-state index contributed by atoms with van der Waals surface area (Å²) < 4.78 is 0. The zero-order valence-electron chi connectivity index (χ0n) is 36.2. The van der Waals surface area contributed by atoms with Crippen molar-refractivity contribution in [3.05, 3.63) is 71.8 Å². The normalized spacial score (nSPS) is 15.0. The first-order valence-corrected chi connectivity index (χ1v) is 20.6. The molecule has 0 fully saturated rings. The first-order chi connectivity index (χ1) is 30.7. The maximum atomic E-state index is 13.8. The Morgan fingerprint density at radius 1 is 0.554 bits per heavy atom. The molecular formula is C42H59N9O14. The summed E-state index contributed by atoms with van der Waals surface area (Å²) in [5.41, 5.74) is 12.3.